The van der Waals surface area contributed by atoms with Crippen molar-refractivity contribution in [2.75, 3.05) is 31.1 Å². The van der Waals surface area contributed by atoms with Crippen molar-refractivity contribution in [3.8, 4) is 0 Å². The maximum atomic E-state index is 12.7. The first-order valence-electron chi connectivity index (χ1n) is 8.92. The molecule has 0 radical (unpaired) electrons. The van der Waals surface area contributed by atoms with Gasteiger partial charge in [0.2, 0.25) is 5.91 Å². The molecular weight excluding hydrogens is 401 g/mol. The van der Waals surface area contributed by atoms with Gasteiger partial charge in [0.25, 0.3) is 0 Å². The summed E-state index contributed by atoms with van der Waals surface area (Å²) in [5.74, 6) is -0.0844. The Bertz CT molecular complexity index is 820. The molecule has 28 heavy (non-hydrogen) atoms. The van der Waals surface area contributed by atoms with Gasteiger partial charge in [0.05, 0.1) is 6.42 Å². The van der Waals surface area contributed by atoms with E-state index in [1.807, 2.05) is 42.5 Å². The molecule has 6 nitrogen and oxygen atoms in total. The number of carbonyl (C=O) groups excluding carboxylic acids is 2. The van der Waals surface area contributed by atoms with E-state index < -0.39 is 12.2 Å². The van der Waals surface area contributed by atoms with Gasteiger partial charge in [-0.1, -0.05) is 53.5 Å². The Kier molecular flexibility index (Phi) is 6.65. The fourth-order valence-corrected chi connectivity index (χ4v) is 3.77. The third kappa shape index (κ3) is 5.30. The Hall–Kier alpha value is -2.44. The summed E-state index contributed by atoms with van der Waals surface area (Å²) in [7, 11) is 0. The van der Waals surface area contributed by atoms with Crippen molar-refractivity contribution in [3.63, 3.8) is 0 Å². The Labute approximate surface area is 173 Å². The minimum Gasteiger partial charge on any atom is -0.441 e. The van der Waals surface area contributed by atoms with Crippen LogP contribution in [0.1, 0.15) is 18.1 Å². The number of amides is 2. The maximum Gasteiger partial charge on any atom is 0.405 e. The summed E-state index contributed by atoms with van der Waals surface area (Å²) >= 11 is 12.2. The van der Waals surface area contributed by atoms with Crippen molar-refractivity contribution in [1.29, 1.82) is 0 Å². The number of ether oxygens (including phenoxy) is 1. The zero-order chi connectivity index (χ0) is 20.1. The van der Waals surface area contributed by atoms with Crippen LogP contribution in [-0.4, -0.2) is 43.1 Å². The highest BCUT2D eigenvalue weighted by Gasteiger charge is 2.26. The minimum absolute atomic E-state index is 0.0515. The number of piperazine rings is 1. The minimum atomic E-state index is -0.899. The summed E-state index contributed by atoms with van der Waals surface area (Å²) in [5, 5.41) is 1.16. The van der Waals surface area contributed by atoms with Crippen molar-refractivity contribution in [2.45, 2.75) is 12.5 Å². The quantitative estimate of drug-likeness (QED) is 0.794. The molecule has 0 bridgehead atoms. The van der Waals surface area contributed by atoms with Crippen LogP contribution in [0.3, 0.4) is 0 Å². The number of rotatable bonds is 5. The Balaban J connectivity index is 1.61. The second kappa shape index (κ2) is 9.17. The van der Waals surface area contributed by atoms with Crippen LogP contribution in [0, 0.1) is 0 Å². The van der Waals surface area contributed by atoms with Crippen molar-refractivity contribution in [1.82, 2.24) is 4.90 Å². The largest absolute Gasteiger partial charge is 0.441 e. The smallest absolute Gasteiger partial charge is 0.405 e. The van der Waals surface area contributed by atoms with Gasteiger partial charge in [0.1, 0.15) is 6.10 Å². The monoisotopic (exact) mass is 421 g/mol. The summed E-state index contributed by atoms with van der Waals surface area (Å²) in [6.07, 6.45) is -1.55. The standard InChI is InChI=1S/C20H21Cl2N3O3/c21-15-10-16(22)12-17(11-15)24-6-8-25(9-7-24)19(26)13-18(28-20(23)27)14-4-2-1-3-5-14/h1-5,10-12,18H,6-9,13H2,(H2,23,27). The summed E-state index contributed by atoms with van der Waals surface area (Å²) in [5.41, 5.74) is 6.85. The molecule has 2 aromatic rings. The van der Waals surface area contributed by atoms with Crippen LogP contribution in [0.2, 0.25) is 10.0 Å². The SMILES string of the molecule is NC(=O)OC(CC(=O)N1CCN(c2cc(Cl)cc(Cl)c2)CC1)c1ccccc1. The van der Waals surface area contributed by atoms with Crippen LogP contribution >= 0.6 is 23.2 Å². The van der Waals surface area contributed by atoms with E-state index in [2.05, 4.69) is 4.90 Å². The van der Waals surface area contributed by atoms with Gasteiger partial charge in [0.15, 0.2) is 0 Å². The van der Waals surface area contributed by atoms with Crippen LogP contribution in [-0.2, 0) is 9.53 Å². The summed E-state index contributed by atoms with van der Waals surface area (Å²) in [6, 6.07) is 14.5. The van der Waals surface area contributed by atoms with E-state index in [1.165, 1.54) is 0 Å². The van der Waals surface area contributed by atoms with Gasteiger partial charge >= 0.3 is 6.09 Å². The maximum absolute atomic E-state index is 12.7. The molecule has 0 spiro atoms. The average molecular weight is 422 g/mol. The number of hydrogen-bond donors (Lipinski definition) is 1. The lowest BCUT2D eigenvalue weighted by Crippen LogP contribution is -2.49. The molecule has 2 aromatic carbocycles. The van der Waals surface area contributed by atoms with Gasteiger partial charge in [0, 0.05) is 41.9 Å². The summed E-state index contributed by atoms with van der Waals surface area (Å²) in [4.78, 5) is 27.9. The average Bonchev–Trinajstić information content (AvgIpc) is 2.67. The van der Waals surface area contributed by atoms with E-state index in [-0.39, 0.29) is 12.3 Å². The third-order valence-electron chi connectivity index (χ3n) is 4.63. The number of primary amides is 1. The van der Waals surface area contributed by atoms with E-state index in [0.29, 0.717) is 36.2 Å². The van der Waals surface area contributed by atoms with Gasteiger partial charge in [-0.05, 0) is 23.8 Å². The van der Waals surface area contributed by atoms with E-state index >= 15 is 0 Å². The number of nitrogens with two attached hydrogens (primary N) is 1. The zero-order valence-electron chi connectivity index (χ0n) is 15.2. The lowest BCUT2D eigenvalue weighted by molar-refractivity contribution is -0.133. The first-order chi connectivity index (χ1) is 13.4. The number of halogens is 2. The van der Waals surface area contributed by atoms with Gasteiger partial charge in [-0.25, -0.2) is 4.79 Å². The molecule has 0 aromatic heterocycles. The van der Waals surface area contributed by atoms with Gasteiger partial charge in [-0.2, -0.15) is 0 Å². The van der Waals surface area contributed by atoms with Crippen LogP contribution in [0.15, 0.2) is 48.5 Å². The second-order valence-corrected chi connectivity index (χ2v) is 7.41. The highest BCUT2D eigenvalue weighted by molar-refractivity contribution is 6.35. The van der Waals surface area contributed by atoms with Crippen molar-refractivity contribution in [3.05, 3.63) is 64.1 Å². The molecule has 148 valence electrons. The van der Waals surface area contributed by atoms with E-state index in [9.17, 15) is 9.59 Å². The van der Waals surface area contributed by atoms with Gasteiger partial charge in [-0.15, -0.1) is 0 Å². The molecule has 1 aliphatic heterocycles. The van der Waals surface area contributed by atoms with Gasteiger partial charge in [-0.3, -0.25) is 4.79 Å². The number of carbonyl (C=O) groups is 2. The van der Waals surface area contributed by atoms with Crippen molar-refractivity contribution in [2.24, 2.45) is 5.73 Å². The number of anilines is 1. The van der Waals surface area contributed by atoms with Crippen molar-refractivity contribution < 1.29 is 14.3 Å². The molecule has 1 aliphatic rings. The fourth-order valence-electron chi connectivity index (χ4n) is 3.26. The van der Waals surface area contributed by atoms with E-state index in [0.717, 1.165) is 11.3 Å². The summed E-state index contributed by atoms with van der Waals surface area (Å²) in [6.45, 7) is 2.44. The predicted molar refractivity (Wildman–Crippen MR) is 110 cm³/mol. The zero-order valence-corrected chi connectivity index (χ0v) is 16.7. The number of hydrogen-bond acceptors (Lipinski definition) is 4. The molecule has 0 aliphatic carbocycles. The molecule has 8 heteroatoms. The lowest BCUT2D eigenvalue weighted by Gasteiger charge is -2.36. The van der Waals surface area contributed by atoms with E-state index in [4.69, 9.17) is 33.7 Å². The Morgan fingerprint density at radius 2 is 1.61 bits per heavy atom. The van der Waals surface area contributed by atoms with Crippen molar-refractivity contribution >= 4 is 40.9 Å². The topological polar surface area (TPSA) is 75.9 Å². The summed E-state index contributed by atoms with van der Waals surface area (Å²) < 4.78 is 5.17. The van der Waals surface area contributed by atoms with Crippen LogP contribution in [0.5, 0.6) is 0 Å². The number of benzene rings is 2. The molecule has 2 N–H and O–H groups in total. The third-order valence-corrected chi connectivity index (χ3v) is 5.07. The molecule has 1 unspecified atom stereocenters. The van der Waals surface area contributed by atoms with Crippen LogP contribution in [0.4, 0.5) is 10.5 Å². The first-order valence-corrected chi connectivity index (χ1v) is 9.68. The Morgan fingerprint density at radius 1 is 1.00 bits per heavy atom. The number of nitrogens with zero attached hydrogens (tertiary/aromatic N) is 2. The molecule has 1 saturated heterocycles. The van der Waals surface area contributed by atoms with Crippen LogP contribution in [0.25, 0.3) is 0 Å². The molecule has 0 saturated carbocycles. The van der Waals surface area contributed by atoms with Crippen LogP contribution < -0.4 is 10.6 Å². The molecular formula is C20H21Cl2N3O3. The highest BCUT2D eigenvalue weighted by Crippen LogP contribution is 2.27. The molecule has 1 fully saturated rings. The normalized spacial score (nSPS) is 15.2. The first kappa shape index (κ1) is 20.3. The van der Waals surface area contributed by atoms with Gasteiger partial charge < -0.3 is 20.3 Å². The molecule has 1 heterocycles. The second-order valence-electron chi connectivity index (χ2n) is 6.54. The highest BCUT2D eigenvalue weighted by atomic mass is 35.5. The fraction of sp³-hybridized carbons (Fsp3) is 0.300. The molecule has 1 atom stereocenters. The lowest BCUT2D eigenvalue weighted by atomic mass is 10.1. The molecule has 3 rings (SSSR count). The molecule has 2 amide bonds. The Morgan fingerprint density at radius 3 is 2.18 bits per heavy atom. The van der Waals surface area contributed by atoms with E-state index in [1.54, 1.807) is 11.0 Å². The predicted octanol–water partition coefficient (Wildman–Crippen LogP) is 3.87.